The van der Waals surface area contributed by atoms with Gasteiger partial charge in [0.15, 0.2) is 0 Å². The van der Waals surface area contributed by atoms with Gasteiger partial charge in [0.1, 0.15) is 5.78 Å². The molecule has 2 amide bonds. The van der Waals surface area contributed by atoms with Crippen LogP contribution in [0.4, 0.5) is 0 Å². The third-order valence-electron chi connectivity index (χ3n) is 2.73. The lowest BCUT2D eigenvalue weighted by Crippen LogP contribution is -2.30. The molecule has 0 saturated carbocycles. The fourth-order valence-electron chi connectivity index (χ4n) is 1.47. The highest BCUT2D eigenvalue weighted by molar-refractivity contribution is 14.1. The monoisotopic (exact) mass is 412 g/mol. The van der Waals surface area contributed by atoms with Crippen molar-refractivity contribution >= 4 is 40.2 Å². The summed E-state index contributed by atoms with van der Waals surface area (Å²) in [5, 5.41) is 5.42. The lowest BCUT2D eigenvalue weighted by Gasteiger charge is -2.07. The molecule has 0 bridgehead atoms. The molecule has 21 heavy (non-hydrogen) atoms. The van der Waals surface area contributed by atoms with Crippen LogP contribution >= 0.6 is 22.6 Å². The second kappa shape index (κ2) is 13.0. The maximum absolute atomic E-state index is 11.5. The van der Waals surface area contributed by atoms with Crippen molar-refractivity contribution in [2.75, 3.05) is 30.7 Å². The van der Waals surface area contributed by atoms with Crippen LogP contribution in [0, 0.1) is 5.92 Å². The Bertz CT molecular complexity index is 335. The van der Waals surface area contributed by atoms with E-state index in [4.69, 9.17) is 4.74 Å². The van der Waals surface area contributed by atoms with Crippen molar-refractivity contribution in [2.45, 2.75) is 33.1 Å². The normalized spacial score (nSPS) is 10.5. The molecule has 0 saturated heterocycles. The molecule has 0 rings (SSSR count). The first-order valence-electron chi connectivity index (χ1n) is 7.17. The SMILES string of the molecule is CC(C)C(=O)CCCC(=O)NCCOCCNC(=O)CI. The van der Waals surface area contributed by atoms with Crippen LogP contribution in [0.3, 0.4) is 0 Å². The van der Waals surface area contributed by atoms with Crippen molar-refractivity contribution in [3.63, 3.8) is 0 Å². The van der Waals surface area contributed by atoms with Crippen LogP contribution in [0.25, 0.3) is 0 Å². The zero-order valence-corrected chi connectivity index (χ0v) is 14.9. The van der Waals surface area contributed by atoms with Crippen LogP contribution in [-0.4, -0.2) is 48.3 Å². The predicted octanol–water partition coefficient (Wildman–Crippen LogP) is 1.07. The first-order valence-corrected chi connectivity index (χ1v) is 8.69. The van der Waals surface area contributed by atoms with Crippen LogP contribution in [0.2, 0.25) is 0 Å². The molecule has 0 spiro atoms. The van der Waals surface area contributed by atoms with E-state index in [0.29, 0.717) is 50.0 Å². The van der Waals surface area contributed by atoms with Gasteiger partial charge < -0.3 is 15.4 Å². The van der Waals surface area contributed by atoms with Gasteiger partial charge >= 0.3 is 0 Å². The Morgan fingerprint density at radius 3 is 2.10 bits per heavy atom. The number of rotatable bonds is 12. The van der Waals surface area contributed by atoms with Crippen molar-refractivity contribution in [1.82, 2.24) is 10.6 Å². The van der Waals surface area contributed by atoms with E-state index in [2.05, 4.69) is 10.6 Å². The molecule has 6 nitrogen and oxygen atoms in total. The van der Waals surface area contributed by atoms with Crippen molar-refractivity contribution < 1.29 is 19.1 Å². The Kier molecular flexibility index (Phi) is 12.6. The van der Waals surface area contributed by atoms with Crippen molar-refractivity contribution in [1.29, 1.82) is 0 Å². The second-order valence-corrected chi connectivity index (χ2v) is 5.68. The minimum atomic E-state index is -0.0617. The fourth-order valence-corrected chi connectivity index (χ4v) is 1.74. The molecular weight excluding hydrogens is 387 g/mol. The molecule has 0 fully saturated rings. The molecule has 7 heteroatoms. The second-order valence-electron chi connectivity index (χ2n) is 4.92. The molecule has 0 aliphatic rings. The van der Waals surface area contributed by atoms with Crippen LogP contribution in [0.5, 0.6) is 0 Å². The Morgan fingerprint density at radius 1 is 1.00 bits per heavy atom. The number of ketones is 1. The van der Waals surface area contributed by atoms with E-state index >= 15 is 0 Å². The number of amides is 2. The first-order chi connectivity index (χ1) is 9.97. The molecule has 0 aromatic carbocycles. The molecule has 0 aromatic rings. The number of ether oxygens (including phenoxy) is 1. The number of hydrogen-bond acceptors (Lipinski definition) is 4. The topological polar surface area (TPSA) is 84.5 Å². The Hall–Kier alpha value is -0.700. The molecule has 0 aromatic heterocycles. The van der Waals surface area contributed by atoms with Crippen molar-refractivity contribution in [2.24, 2.45) is 5.92 Å². The summed E-state index contributed by atoms with van der Waals surface area (Å²) in [5.41, 5.74) is 0. The van der Waals surface area contributed by atoms with Gasteiger partial charge in [0, 0.05) is 31.8 Å². The summed E-state index contributed by atoms with van der Waals surface area (Å²) >= 11 is 1.99. The lowest BCUT2D eigenvalue weighted by atomic mass is 10.0. The molecule has 0 radical (unpaired) electrons. The van der Waals surface area contributed by atoms with Crippen LogP contribution < -0.4 is 10.6 Å². The molecule has 0 aliphatic heterocycles. The van der Waals surface area contributed by atoms with Crippen LogP contribution in [0.1, 0.15) is 33.1 Å². The summed E-state index contributed by atoms with van der Waals surface area (Å²) < 4.78 is 5.70. The van der Waals surface area contributed by atoms with Gasteiger partial charge in [0.25, 0.3) is 0 Å². The predicted molar refractivity (Wildman–Crippen MR) is 89.4 cm³/mol. The fraction of sp³-hybridized carbons (Fsp3) is 0.786. The zero-order chi connectivity index (χ0) is 16.1. The zero-order valence-electron chi connectivity index (χ0n) is 12.7. The van der Waals surface area contributed by atoms with Gasteiger partial charge in [-0.1, -0.05) is 36.4 Å². The van der Waals surface area contributed by atoms with Gasteiger partial charge in [0.2, 0.25) is 11.8 Å². The van der Waals surface area contributed by atoms with Gasteiger partial charge in [-0.3, -0.25) is 14.4 Å². The highest BCUT2D eigenvalue weighted by Gasteiger charge is 2.08. The number of carbonyl (C=O) groups is 3. The summed E-state index contributed by atoms with van der Waals surface area (Å²) in [6, 6.07) is 0. The lowest BCUT2D eigenvalue weighted by molar-refractivity contribution is -0.123. The highest BCUT2D eigenvalue weighted by Crippen LogP contribution is 2.03. The van der Waals surface area contributed by atoms with E-state index in [1.807, 2.05) is 36.4 Å². The Morgan fingerprint density at radius 2 is 1.57 bits per heavy atom. The average molecular weight is 412 g/mol. The van der Waals surface area contributed by atoms with Crippen LogP contribution in [-0.2, 0) is 19.1 Å². The number of nitrogens with one attached hydrogen (secondary N) is 2. The molecular formula is C14H25IN2O4. The molecule has 0 aliphatic carbocycles. The smallest absolute Gasteiger partial charge is 0.229 e. The first kappa shape index (κ1) is 20.3. The highest BCUT2D eigenvalue weighted by atomic mass is 127. The summed E-state index contributed by atoms with van der Waals surface area (Å²) in [7, 11) is 0. The van der Waals surface area contributed by atoms with E-state index < -0.39 is 0 Å². The number of alkyl halides is 1. The van der Waals surface area contributed by atoms with Gasteiger partial charge in [-0.15, -0.1) is 0 Å². The number of hydrogen-bond donors (Lipinski definition) is 2. The maximum atomic E-state index is 11.5. The number of halogens is 1. The van der Waals surface area contributed by atoms with E-state index in [1.54, 1.807) is 0 Å². The summed E-state index contributed by atoms with van der Waals surface area (Å²) in [6.07, 6.45) is 1.41. The third-order valence-corrected chi connectivity index (χ3v) is 3.42. The van der Waals surface area contributed by atoms with Gasteiger partial charge in [-0.05, 0) is 6.42 Å². The number of Topliss-reactive ketones (excluding diaryl/α,β-unsaturated/α-hetero) is 1. The molecule has 0 atom stereocenters. The van der Waals surface area contributed by atoms with Crippen molar-refractivity contribution in [3.8, 4) is 0 Å². The van der Waals surface area contributed by atoms with E-state index in [9.17, 15) is 14.4 Å². The Labute approximate surface area is 139 Å². The standard InChI is InChI=1S/C14H25IN2O4/c1-11(2)12(18)4-3-5-13(19)16-6-8-21-9-7-17-14(20)10-15/h11H,3-10H2,1-2H3,(H,16,19)(H,17,20). The average Bonchev–Trinajstić information content (AvgIpc) is 2.45. The minimum absolute atomic E-state index is 0.0107. The minimum Gasteiger partial charge on any atom is -0.378 e. The van der Waals surface area contributed by atoms with E-state index in [-0.39, 0.29) is 23.5 Å². The molecule has 0 heterocycles. The summed E-state index contributed by atoms with van der Waals surface area (Å²) in [5.74, 6) is 0.158. The Balaban J connectivity index is 3.38. The summed E-state index contributed by atoms with van der Waals surface area (Å²) in [4.78, 5) is 33.8. The molecule has 0 unspecified atom stereocenters. The quantitative estimate of drug-likeness (QED) is 0.285. The van der Waals surface area contributed by atoms with Crippen LogP contribution in [0.15, 0.2) is 0 Å². The maximum Gasteiger partial charge on any atom is 0.229 e. The molecule has 122 valence electrons. The van der Waals surface area contributed by atoms with Gasteiger partial charge in [-0.25, -0.2) is 0 Å². The van der Waals surface area contributed by atoms with E-state index in [1.165, 1.54) is 0 Å². The summed E-state index contributed by atoms with van der Waals surface area (Å²) in [6.45, 7) is 5.49. The third kappa shape index (κ3) is 12.7. The van der Waals surface area contributed by atoms with Crippen molar-refractivity contribution in [3.05, 3.63) is 0 Å². The number of carbonyl (C=O) groups excluding carboxylic acids is 3. The molecule has 2 N–H and O–H groups in total. The van der Waals surface area contributed by atoms with Gasteiger partial charge in [0.05, 0.1) is 17.6 Å². The largest absolute Gasteiger partial charge is 0.378 e. The van der Waals surface area contributed by atoms with E-state index in [0.717, 1.165) is 0 Å². The van der Waals surface area contributed by atoms with Gasteiger partial charge in [-0.2, -0.15) is 0 Å².